The summed E-state index contributed by atoms with van der Waals surface area (Å²) in [5, 5.41) is 12.6. The maximum absolute atomic E-state index is 12.6. The Kier molecular flexibility index (Phi) is 4.77. The van der Waals surface area contributed by atoms with E-state index in [9.17, 15) is 23.1 Å². The second-order valence-electron chi connectivity index (χ2n) is 5.01. The smallest absolute Gasteiger partial charge is 0.387 e. The van der Waals surface area contributed by atoms with Gasteiger partial charge < -0.3 is 16.2 Å². The first kappa shape index (κ1) is 16.5. The van der Waals surface area contributed by atoms with Gasteiger partial charge in [0, 0.05) is 6.54 Å². The summed E-state index contributed by atoms with van der Waals surface area (Å²) in [6.45, 7) is 2.96. The molecule has 0 aliphatic rings. The lowest BCUT2D eigenvalue weighted by molar-refractivity contribution is -0.137. The molecule has 7 heteroatoms. The minimum atomic E-state index is -4.46. The van der Waals surface area contributed by atoms with Crippen LogP contribution in [-0.4, -0.2) is 23.1 Å². The number of hydrogen-bond donors (Lipinski definition) is 3. The highest BCUT2D eigenvalue weighted by Gasteiger charge is 2.31. The van der Waals surface area contributed by atoms with Crippen LogP contribution in [0.4, 0.5) is 13.2 Å². The van der Waals surface area contributed by atoms with Crippen molar-refractivity contribution in [2.24, 2.45) is 5.73 Å². The van der Waals surface area contributed by atoms with E-state index in [0.717, 1.165) is 12.1 Å². The Morgan fingerprint density at radius 2 is 2.00 bits per heavy atom. The number of carbonyl (C=O) groups excluding carboxylic acids is 1. The number of β-amino-alcohol motifs (C(OH)–C–C–N with tert-alkyl or cyclic N) is 1. The predicted octanol–water partition coefficient (Wildman–Crippen LogP) is 1.59. The summed E-state index contributed by atoms with van der Waals surface area (Å²) < 4.78 is 37.7. The van der Waals surface area contributed by atoms with Crippen LogP contribution in [-0.2, 0) is 11.0 Å². The lowest BCUT2D eigenvalue weighted by atomic mass is 10.0. The summed E-state index contributed by atoms with van der Waals surface area (Å²) in [5.74, 6) is -0.617. The quantitative estimate of drug-likeness (QED) is 0.771. The molecule has 0 aliphatic heterocycles. The van der Waals surface area contributed by atoms with Gasteiger partial charge in [0.15, 0.2) is 0 Å². The maximum Gasteiger partial charge on any atom is 0.416 e. The summed E-state index contributed by atoms with van der Waals surface area (Å²) in [7, 11) is 0. The van der Waals surface area contributed by atoms with E-state index in [4.69, 9.17) is 5.73 Å². The monoisotopic (exact) mass is 290 g/mol. The van der Waals surface area contributed by atoms with Gasteiger partial charge in [0.05, 0.1) is 17.2 Å². The van der Waals surface area contributed by atoms with E-state index in [1.165, 1.54) is 26.0 Å². The number of aliphatic hydroxyl groups excluding tert-OH is 1. The minimum absolute atomic E-state index is 0.0861. The third-order valence-electron chi connectivity index (χ3n) is 2.95. The zero-order valence-electron chi connectivity index (χ0n) is 11.2. The van der Waals surface area contributed by atoms with E-state index in [-0.39, 0.29) is 12.1 Å². The molecule has 1 amide bonds. The van der Waals surface area contributed by atoms with Gasteiger partial charge in [0.2, 0.25) is 5.91 Å². The molecule has 1 atom stereocenters. The van der Waals surface area contributed by atoms with Crippen LogP contribution in [0.3, 0.4) is 0 Å². The van der Waals surface area contributed by atoms with Gasteiger partial charge in [0.25, 0.3) is 0 Å². The second-order valence-corrected chi connectivity index (χ2v) is 5.01. The van der Waals surface area contributed by atoms with Crippen LogP contribution < -0.4 is 11.1 Å². The first-order valence-electron chi connectivity index (χ1n) is 5.94. The molecule has 1 rings (SSSR count). The highest BCUT2D eigenvalue weighted by Crippen LogP contribution is 2.30. The molecule has 0 fully saturated rings. The van der Waals surface area contributed by atoms with E-state index in [1.807, 2.05) is 0 Å². The van der Waals surface area contributed by atoms with Gasteiger partial charge in [-0.3, -0.25) is 4.79 Å². The molecule has 0 bridgehead atoms. The van der Waals surface area contributed by atoms with E-state index in [0.29, 0.717) is 0 Å². The maximum atomic E-state index is 12.6. The molecule has 1 aromatic carbocycles. The standard InChI is InChI=1S/C13H17F3N2O2/c1-12(2,11(17)20)18-7-10(19)8-4-3-5-9(6-8)13(14,15)16/h3-6,10,18-19H,7H2,1-2H3,(H2,17,20). The third-order valence-corrected chi connectivity index (χ3v) is 2.95. The van der Waals surface area contributed by atoms with Gasteiger partial charge in [0.1, 0.15) is 0 Å². The third kappa shape index (κ3) is 4.21. The molecule has 0 spiro atoms. The number of benzene rings is 1. The van der Waals surface area contributed by atoms with Crippen LogP contribution in [0.5, 0.6) is 0 Å². The highest BCUT2D eigenvalue weighted by molar-refractivity contribution is 5.83. The average molecular weight is 290 g/mol. The first-order valence-corrected chi connectivity index (χ1v) is 5.94. The topological polar surface area (TPSA) is 75.3 Å². The molecule has 1 unspecified atom stereocenters. The lowest BCUT2D eigenvalue weighted by Gasteiger charge is -2.24. The van der Waals surface area contributed by atoms with E-state index >= 15 is 0 Å². The molecule has 4 nitrogen and oxygen atoms in total. The molecular formula is C13H17F3N2O2. The van der Waals surface area contributed by atoms with Crippen LogP contribution in [0.1, 0.15) is 31.1 Å². The molecule has 0 aromatic heterocycles. The molecule has 1 aromatic rings. The van der Waals surface area contributed by atoms with Crippen molar-refractivity contribution in [1.82, 2.24) is 5.32 Å². The Labute approximate surface area is 114 Å². The van der Waals surface area contributed by atoms with Gasteiger partial charge in [-0.25, -0.2) is 0 Å². The number of hydrogen-bond acceptors (Lipinski definition) is 3. The van der Waals surface area contributed by atoms with Crippen LogP contribution in [0.15, 0.2) is 24.3 Å². The number of nitrogens with two attached hydrogens (primary N) is 1. The van der Waals surface area contributed by atoms with E-state index in [2.05, 4.69) is 5.32 Å². The fraction of sp³-hybridized carbons (Fsp3) is 0.462. The molecular weight excluding hydrogens is 273 g/mol. The zero-order chi connectivity index (χ0) is 15.6. The minimum Gasteiger partial charge on any atom is -0.387 e. The molecule has 20 heavy (non-hydrogen) atoms. The van der Waals surface area contributed by atoms with Crippen molar-refractivity contribution in [2.75, 3.05) is 6.54 Å². The van der Waals surface area contributed by atoms with Crippen molar-refractivity contribution in [3.8, 4) is 0 Å². The highest BCUT2D eigenvalue weighted by atomic mass is 19.4. The Morgan fingerprint density at radius 1 is 1.40 bits per heavy atom. The molecule has 0 saturated heterocycles. The van der Waals surface area contributed by atoms with Crippen molar-refractivity contribution >= 4 is 5.91 Å². The molecule has 0 heterocycles. The number of nitrogens with one attached hydrogen (secondary N) is 1. The summed E-state index contributed by atoms with van der Waals surface area (Å²) in [4.78, 5) is 11.1. The normalized spacial score (nSPS) is 14.1. The number of alkyl halides is 3. The molecule has 4 N–H and O–H groups in total. The largest absolute Gasteiger partial charge is 0.416 e. The Balaban J connectivity index is 2.79. The summed E-state index contributed by atoms with van der Waals surface area (Å²) in [5.41, 5.74) is 3.38. The van der Waals surface area contributed by atoms with Gasteiger partial charge in [-0.2, -0.15) is 13.2 Å². The average Bonchev–Trinajstić information content (AvgIpc) is 2.35. The SMILES string of the molecule is CC(C)(NCC(O)c1cccc(C(F)(F)F)c1)C(N)=O. The molecule has 0 aliphatic carbocycles. The number of carbonyl (C=O) groups is 1. The van der Waals surface area contributed by atoms with Crippen molar-refractivity contribution in [1.29, 1.82) is 0 Å². The van der Waals surface area contributed by atoms with Crippen molar-refractivity contribution in [3.05, 3.63) is 35.4 Å². The number of aliphatic hydroxyl groups is 1. The number of rotatable bonds is 5. The van der Waals surface area contributed by atoms with Gasteiger partial charge in [-0.15, -0.1) is 0 Å². The number of amides is 1. The van der Waals surface area contributed by atoms with Crippen molar-refractivity contribution in [3.63, 3.8) is 0 Å². The van der Waals surface area contributed by atoms with Crippen molar-refractivity contribution < 1.29 is 23.1 Å². The Bertz CT molecular complexity index is 487. The Morgan fingerprint density at radius 3 is 2.50 bits per heavy atom. The van der Waals surface area contributed by atoms with Crippen LogP contribution >= 0.6 is 0 Å². The van der Waals surface area contributed by atoms with Gasteiger partial charge in [-0.05, 0) is 31.5 Å². The van der Waals surface area contributed by atoms with E-state index < -0.39 is 29.3 Å². The fourth-order valence-corrected chi connectivity index (χ4v) is 1.48. The molecule has 112 valence electrons. The summed E-state index contributed by atoms with van der Waals surface area (Å²) in [6.07, 6.45) is -5.63. The number of halogens is 3. The summed E-state index contributed by atoms with van der Waals surface area (Å²) in [6, 6.07) is 4.42. The van der Waals surface area contributed by atoms with Crippen LogP contribution in [0.25, 0.3) is 0 Å². The molecule has 0 saturated carbocycles. The summed E-state index contributed by atoms with van der Waals surface area (Å²) >= 11 is 0. The van der Waals surface area contributed by atoms with Gasteiger partial charge >= 0.3 is 6.18 Å². The predicted molar refractivity (Wildman–Crippen MR) is 67.7 cm³/mol. The lowest BCUT2D eigenvalue weighted by Crippen LogP contribution is -2.51. The van der Waals surface area contributed by atoms with Crippen LogP contribution in [0.2, 0.25) is 0 Å². The fourth-order valence-electron chi connectivity index (χ4n) is 1.48. The molecule has 0 radical (unpaired) electrons. The zero-order valence-corrected chi connectivity index (χ0v) is 11.2. The first-order chi connectivity index (χ1) is 9.04. The van der Waals surface area contributed by atoms with Crippen LogP contribution in [0, 0.1) is 0 Å². The van der Waals surface area contributed by atoms with E-state index in [1.54, 1.807) is 0 Å². The number of primary amides is 1. The van der Waals surface area contributed by atoms with Crippen molar-refractivity contribution in [2.45, 2.75) is 31.7 Å². The van der Waals surface area contributed by atoms with Gasteiger partial charge in [-0.1, -0.05) is 12.1 Å². The Hall–Kier alpha value is -1.60. The second kappa shape index (κ2) is 5.80.